The van der Waals surface area contributed by atoms with Crippen LogP contribution >= 0.6 is 46.4 Å². The maximum absolute atomic E-state index is 11.7. The molecule has 0 fully saturated rings. The number of carbonyl (C=O) groups excluding carboxylic acids is 1. The number of hydrogen-bond donors (Lipinski definition) is 2. The Balaban J connectivity index is 1.85. The number of rotatable bonds is 4. The van der Waals surface area contributed by atoms with Crippen molar-refractivity contribution in [1.29, 1.82) is 0 Å². The van der Waals surface area contributed by atoms with Gasteiger partial charge in [-0.25, -0.2) is 4.79 Å². The van der Waals surface area contributed by atoms with Crippen LogP contribution in [0.1, 0.15) is 0 Å². The Bertz CT molecular complexity index is 695. The van der Waals surface area contributed by atoms with Gasteiger partial charge in [-0.3, -0.25) is 0 Å². The van der Waals surface area contributed by atoms with Gasteiger partial charge in [-0.1, -0.05) is 46.4 Å². The molecule has 0 aliphatic carbocycles. The molecule has 2 amide bonds. The van der Waals surface area contributed by atoms with E-state index in [-0.39, 0.29) is 6.73 Å². The molecule has 0 unspecified atom stereocenters. The van der Waals surface area contributed by atoms with Crippen molar-refractivity contribution in [3.8, 4) is 5.75 Å². The van der Waals surface area contributed by atoms with Gasteiger partial charge in [0, 0.05) is 10.0 Å². The number of nitrogens with one attached hydrogen (secondary N) is 2. The molecule has 8 heteroatoms. The minimum atomic E-state index is -0.477. The van der Waals surface area contributed by atoms with Crippen LogP contribution < -0.4 is 15.4 Å². The van der Waals surface area contributed by atoms with Crippen LogP contribution in [0.4, 0.5) is 10.5 Å². The Morgan fingerprint density at radius 2 is 1.59 bits per heavy atom. The third-order valence-electron chi connectivity index (χ3n) is 2.53. The highest BCUT2D eigenvalue weighted by Crippen LogP contribution is 2.27. The summed E-state index contributed by atoms with van der Waals surface area (Å²) in [6, 6.07) is 9.06. The van der Waals surface area contributed by atoms with Crippen LogP contribution in [0.5, 0.6) is 5.75 Å². The molecular weight excluding hydrogens is 370 g/mol. The van der Waals surface area contributed by atoms with E-state index in [1.165, 1.54) is 6.07 Å². The van der Waals surface area contributed by atoms with Crippen molar-refractivity contribution in [2.75, 3.05) is 12.0 Å². The fourth-order valence-corrected chi connectivity index (χ4v) is 2.45. The van der Waals surface area contributed by atoms with E-state index in [0.717, 1.165) is 0 Å². The molecule has 116 valence electrons. The summed E-state index contributed by atoms with van der Waals surface area (Å²) in [4.78, 5) is 11.7. The first-order valence-corrected chi connectivity index (χ1v) is 7.54. The molecule has 0 aliphatic rings. The predicted octanol–water partition coefficient (Wildman–Crippen LogP) is 5.46. The molecule has 0 bridgehead atoms. The molecule has 4 nitrogen and oxygen atoms in total. The maximum Gasteiger partial charge on any atom is 0.321 e. The molecule has 0 spiro atoms. The van der Waals surface area contributed by atoms with Crippen molar-refractivity contribution in [2.24, 2.45) is 0 Å². The van der Waals surface area contributed by atoms with Crippen LogP contribution in [0, 0.1) is 0 Å². The number of ether oxygens (including phenoxy) is 1. The first-order valence-electron chi connectivity index (χ1n) is 6.03. The Hall–Kier alpha value is -1.33. The first kappa shape index (κ1) is 17.0. The van der Waals surface area contributed by atoms with Crippen LogP contribution in [0.15, 0.2) is 36.4 Å². The monoisotopic (exact) mass is 378 g/mol. The van der Waals surface area contributed by atoms with Crippen molar-refractivity contribution in [3.05, 3.63) is 56.5 Å². The third kappa shape index (κ3) is 4.85. The van der Waals surface area contributed by atoms with Gasteiger partial charge in [0.15, 0.2) is 6.73 Å². The SMILES string of the molecule is O=C(NCOc1ccc(Cl)cc1Cl)Nc1ccc(Cl)cc1Cl. The standard InChI is InChI=1S/C14H10Cl4N2O2/c15-8-1-3-12(10(17)5-8)20-14(21)19-7-22-13-4-2-9(16)6-11(13)18/h1-6H,7H2,(H2,19,20,21). The maximum atomic E-state index is 11.7. The van der Waals surface area contributed by atoms with E-state index in [9.17, 15) is 4.79 Å². The Morgan fingerprint density at radius 1 is 0.955 bits per heavy atom. The number of hydrogen-bond acceptors (Lipinski definition) is 2. The summed E-state index contributed by atoms with van der Waals surface area (Å²) in [7, 11) is 0. The van der Waals surface area contributed by atoms with Crippen LogP contribution in [-0.4, -0.2) is 12.8 Å². The molecule has 0 heterocycles. The molecule has 2 rings (SSSR count). The molecule has 0 atom stereocenters. The van der Waals surface area contributed by atoms with Crippen molar-refractivity contribution in [3.63, 3.8) is 0 Å². The van der Waals surface area contributed by atoms with E-state index in [1.54, 1.807) is 30.3 Å². The first-order chi connectivity index (χ1) is 10.5. The number of urea groups is 1. The normalized spacial score (nSPS) is 10.2. The lowest BCUT2D eigenvalue weighted by molar-refractivity contribution is 0.234. The van der Waals surface area contributed by atoms with E-state index < -0.39 is 6.03 Å². The largest absolute Gasteiger partial charge is 0.472 e. The summed E-state index contributed by atoms with van der Waals surface area (Å²) in [6.45, 7) is -0.0710. The number of amides is 2. The number of carbonyl (C=O) groups is 1. The van der Waals surface area contributed by atoms with Crippen molar-refractivity contribution >= 4 is 58.1 Å². The molecular formula is C14H10Cl4N2O2. The van der Waals surface area contributed by atoms with Crippen LogP contribution in [0.3, 0.4) is 0 Å². The highest BCUT2D eigenvalue weighted by atomic mass is 35.5. The Morgan fingerprint density at radius 3 is 2.23 bits per heavy atom. The highest BCUT2D eigenvalue weighted by Gasteiger charge is 2.07. The molecule has 2 aromatic rings. The molecule has 0 radical (unpaired) electrons. The topological polar surface area (TPSA) is 50.4 Å². The number of benzene rings is 2. The lowest BCUT2D eigenvalue weighted by Crippen LogP contribution is -2.32. The summed E-state index contributed by atoms with van der Waals surface area (Å²) in [5.41, 5.74) is 0.438. The summed E-state index contributed by atoms with van der Waals surface area (Å²) in [5, 5.41) is 6.76. The zero-order valence-electron chi connectivity index (χ0n) is 11.0. The molecule has 2 N–H and O–H groups in total. The molecule has 0 aliphatic heterocycles. The minimum absolute atomic E-state index is 0.0710. The van der Waals surface area contributed by atoms with E-state index >= 15 is 0 Å². The quantitative estimate of drug-likeness (QED) is 0.693. The summed E-state index contributed by atoms with van der Waals surface area (Å²) < 4.78 is 5.33. The second kappa shape index (κ2) is 7.79. The average molecular weight is 380 g/mol. The van der Waals surface area contributed by atoms with Gasteiger partial charge < -0.3 is 15.4 Å². The molecule has 0 aromatic heterocycles. The zero-order valence-corrected chi connectivity index (χ0v) is 14.0. The Labute approximate surface area is 147 Å². The highest BCUT2D eigenvalue weighted by molar-refractivity contribution is 6.36. The van der Waals surface area contributed by atoms with Gasteiger partial charge in [0.2, 0.25) is 0 Å². The van der Waals surface area contributed by atoms with E-state index in [0.29, 0.717) is 31.5 Å². The van der Waals surface area contributed by atoms with Gasteiger partial charge in [0.05, 0.1) is 15.7 Å². The van der Waals surface area contributed by atoms with Crippen molar-refractivity contribution in [1.82, 2.24) is 5.32 Å². The summed E-state index contributed by atoms with van der Waals surface area (Å²) in [6.07, 6.45) is 0. The second-order valence-corrected chi connectivity index (χ2v) is 5.81. The fraction of sp³-hybridized carbons (Fsp3) is 0.0714. The van der Waals surface area contributed by atoms with Gasteiger partial charge in [0.25, 0.3) is 0 Å². The van der Waals surface area contributed by atoms with Gasteiger partial charge in [-0.15, -0.1) is 0 Å². The summed E-state index contributed by atoms with van der Waals surface area (Å²) in [5.74, 6) is 0.413. The predicted molar refractivity (Wildman–Crippen MR) is 90.6 cm³/mol. The molecule has 0 saturated heterocycles. The van der Waals surface area contributed by atoms with E-state index in [1.807, 2.05) is 0 Å². The van der Waals surface area contributed by atoms with Crippen LogP contribution in [-0.2, 0) is 0 Å². The van der Waals surface area contributed by atoms with Gasteiger partial charge in [-0.05, 0) is 36.4 Å². The smallest absolute Gasteiger partial charge is 0.321 e. The van der Waals surface area contributed by atoms with Crippen LogP contribution in [0.25, 0.3) is 0 Å². The lowest BCUT2D eigenvalue weighted by atomic mass is 10.3. The Kier molecular flexibility index (Phi) is 6.03. The molecule has 22 heavy (non-hydrogen) atoms. The van der Waals surface area contributed by atoms with Crippen molar-refractivity contribution < 1.29 is 9.53 Å². The van der Waals surface area contributed by atoms with Gasteiger partial charge in [0.1, 0.15) is 5.75 Å². The molecule has 2 aromatic carbocycles. The third-order valence-corrected chi connectivity index (χ3v) is 3.61. The number of halogens is 4. The molecule has 0 saturated carbocycles. The zero-order chi connectivity index (χ0) is 16.1. The van der Waals surface area contributed by atoms with Crippen molar-refractivity contribution in [2.45, 2.75) is 0 Å². The van der Waals surface area contributed by atoms with Gasteiger partial charge >= 0.3 is 6.03 Å². The minimum Gasteiger partial charge on any atom is -0.472 e. The van der Waals surface area contributed by atoms with E-state index in [2.05, 4.69) is 10.6 Å². The number of anilines is 1. The second-order valence-electron chi connectivity index (χ2n) is 4.12. The fourth-order valence-electron chi connectivity index (χ4n) is 1.53. The van der Waals surface area contributed by atoms with E-state index in [4.69, 9.17) is 51.1 Å². The van der Waals surface area contributed by atoms with Gasteiger partial charge in [-0.2, -0.15) is 0 Å². The van der Waals surface area contributed by atoms with Crippen LogP contribution in [0.2, 0.25) is 20.1 Å². The summed E-state index contributed by atoms with van der Waals surface area (Å²) >= 11 is 23.4. The average Bonchev–Trinajstić information content (AvgIpc) is 2.44. The lowest BCUT2D eigenvalue weighted by Gasteiger charge is -2.11.